The highest BCUT2D eigenvalue weighted by Crippen LogP contribution is 2.19. The number of hydrogen-bond acceptors (Lipinski definition) is 4. The summed E-state index contributed by atoms with van der Waals surface area (Å²) < 4.78 is 26.8. The van der Waals surface area contributed by atoms with Crippen LogP contribution in [0.15, 0.2) is 81.9 Å². The van der Waals surface area contributed by atoms with E-state index in [0.29, 0.717) is 23.7 Å². The smallest absolute Gasteiger partial charge is 0.291 e. The van der Waals surface area contributed by atoms with Crippen LogP contribution >= 0.6 is 15.9 Å². The molecule has 0 saturated heterocycles. The van der Waals surface area contributed by atoms with Crippen molar-refractivity contribution in [1.82, 2.24) is 9.78 Å². The molecule has 4 rings (SSSR count). The SMILES string of the molecule is O=C(Nc1cnn(Cc2ccc(F)cc2)c1)c1ccc(COc2ccc(Br)cc2)o1. The Hall–Kier alpha value is -3.39. The average Bonchev–Trinajstić information content (AvgIpc) is 3.39. The highest BCUT2D eigenvalue weighted by molar-refractivity contribution is 9.10. The van der Waals surface area contributed by atoms with Gasteiger partial charge in [0, 0.05) is 10.7 Å². The topological polar surface area (TPSA) is 69.3 Å². The number of furan rings is 1. The lowest BCUT2D eigenvalue weighted by Crippen LogP contribution is -2.10. The molecule has 0 fully saturated rings. The third-order valence-electron chi connectivity index (χ3n) is 4.23. The molecule has 0 aliphatic rings. The van der Waals surface area contributed by atoms with Gasteiger partial charge in [0.05, 0.1) is 18.4 Å². The second-order valence-corrected chi connectivity index (χ2v) is 7.43. The maximum absolute atomic E-state index is 13.0. The maximum atomic E-state index is 13.0. The molecule has 2 aromatic heterocycles. The van der Waals surface area contributed by atoms with Crippen LogP contribution in [-0.2, 0) is 13.2 Å². The van der Waals surface area contributed by atoms with E-state index in [1.165, 1.54) is 12.1 Å². The molecule has 0 bridgehead atoms. The van der Waals surface area contributed by atoms with Crippen LogP contribution in [0, 0.1) is 5.82 Å². The zero-order valence-corrected chi connectivity index (χ0v) is 17.3. The number of anilines is 1. The van der Waals surface area contributed by atoms with Gasteiger partial charge in [-0.05, 0) is 54.1 Å². The van der Waals surface area contributed by atoms with Crippen LogP contribution in [0.1, 0.15) is 21.9 Å². The first-order chi connectivity index (χ1) is 14.5. The van der Waals surface area contributed by atoms with Crippen molar-refractivity contribution in [3.8, 4) is 5.75 Å². The van der Waals surface area contributed by atoms with E-state index in [2.05, 4.69) is 26.3 Å². The molecule has 8 heteroatoms. The van der Waals surface area contributed by atoms with Gasteiger partial charge in [-0.1, -0.05) is 28.1 Å². The van der Waals surface area contributed by atoms with Gasteiger partial charge in [-0.15, -0.1) is 0 Å². The van der Waals surface area contributed by atoms with Crippen molar-refractivity contribution in [1.29, 1.82) is 0 Å². The summed E-state index contributed by atoms with van der Waals surface area (Å²) in [6.45, 7) is 0.680. The molecule has 0 atom stereocenters. The second-order valence-electron chi connectivity index (χ2n) is 6.52. The first kappa shape index (κ1) is 19.9. The highest BCUT2D eigenvalue weighted by atomic mass is 79.9. The van der Waals surface area contributed by atoms with Crippen molar-refractivity contribution in [3.05, 3.63) is 100 Å². The number of aromatic nitrogens is 2. The number of rotatable bonds is 7. The summed E-state index contributed by atoms with van der Waals surface area (Å²) in [5.41, 5.74) is 1.44. The van der Waals surface area contributed by atoms with Crippen molar-refractivity contribution in [3.63, 3.8) is 0 Å². The molecule has 0 aliphatic carbocycles. The minimum atomic E-state index is -0.383. The van der Waals surface area contributed by atoms with E-state index in [-0.39, 0.29) is 24.1 Å². The Labute approximate surface area is 180 Å². The predicted molar refractivity (Wildman–Crippen MR) is 113 cm³/mol. The second kappa shape index (κ2) is 8.96. The van der Waals surface area contributed by atoms with Crippen LogP contribution < -0.4 is 10.1 Å². The standard InChI is InChI=1S/C22H17BrFN3O3/c23-16-3-7-19(8-4-16)29-14-20-9-10-21(30-20)22(28)26-18-11-25-27(13-18)12-15-1-5-17(24)6-2-15/h1-11,13H,12,14H2,(H,26,28). The van der Waals surface area contributed by atoms with Gasteiger partial charge in [0.15, 0.2) is 5.76 Å². The van der Waals surface area contributed by atoms with Crippen LogP contribution in [0.4, 0.5) is 10.1 Å². The Morgan fingerprint density at radius 3 is 2.63 bits per heavy atom. The van der Waals surface area contributed by atoms with Crippen molar-refractivity contribution >= 4 is 27.5 Å². The van der Waals surface area contributed by atoms with Gasteiger partial charge in [-0.3, -0.25) is 9.48 Å². The summed E-state index contributed by atoms with van der Waals surface area (Å²) >= 11 is 3.37. The molecule has 0 unspecified atom stereocenters. The monoisotopic (exact) mass is 469 g/mol. The minimum Gasteiger partial charge on any atom is -0.486 e. The molecule has 0 saturated carbocycles. The first-order valence-electron chi connectivity index (χ1n) is 9.10. The van der Waals surface area contributed by atoms with Crippen molar-refractivity contribution in [2.45, 2.75) is 13.2 Å². The molecule has 2 heterocycles. The normalized spacial score (nSPS) is 10.7. The third-order valence-corrected chi connectivity index (χ3v) is 4.76. The highest BCUT2D eigenvalue weighted by Gasteiger charge is 2.13. The summed E-state index contributed by atoms with van der Waals surface area (Å²) in [5.74, 6) is 0.749. The molecule has 4 aromatic rings. The fourth-order valence-corrected chi connectivity index (χ4v) is 3.01. The molecule has 0 aliphatic heterocycles. The maximum Gasteiger partial charge on any atom is 0.291 e. The van der Waals surface area contributed by atoms with Gasteiger partial charge in [0.2, 0.25) is 0 Å². The van der Waals surface area contributed by atoms with Gasteiger partial charge in [0.25, 0.3) is 5.91 Å². The number of carbonyl (C=O) groups excluding carboxylic acids is 1. The van der Waals surface area contributed by atoms with Crippen LogP contribution in [0.2, 0.25) is 0 Å². The summed E-state index contributed by atoms with van der Waals surface area (Å²) in [6.07, 6.45) is 3.24. The van der Waals surface area contributed by atoms with Gasteiger partial charge >= 0.3 is 0 Å². The van der Waals surface area contributed by atoms with Crippen molar-refractivity contribution < 1.29 is 18.3 Å². The van der Waals surface area contributed by atoms with Crippen LogP contribution in [0.5, 0.6) is 5.75 Å². The Balaban J connectivity index is 1.32. The largest absolute Gasteiger partial charge is 0.486 e. The molecule has 152 valence electrons. The van der Waals surface area contributed by atoms with Crippen LogP contribution in [-0.4, -0.2) is 15.7 Å². The fourth-order valence-electron chi connectivity index (χ4n) is 2.75. The zero-order valence-electron chi connectivity index (χ0n) is 15.7. The molecule has 2 aromatic carbocycles. The number of nitrogens with zero attached hydrogens (tertiary/aromatic N) is 2. The summed E-state index contributed by atoms with van der Waals surface area (Å²) in [4.78, 5) is 12.4. The fraction of sp³-hybridized carbons (Fsp3) is 0.0909. The van der Waals surface area contributed by atoms with Crippen LogP contribution in [0.25, 0.3) is 0 Å². The quantitative estimate of drug-likeness (QED) is 0.400. The lowest BCUT2D eigenvalue weighted by atomic mass is 10.2. The number of halogens is 2. The molecule has 0 radical (unpaired) electrons. The number of benzene rings is 2. The number of amides is 1. The average molecular weight is 470 g/mol. The Kier molecular flexibility index (Phi) is 5.94. The van der Waals surface area contributed by atoms with Gasteiger partial charge in [-0.25, -0.2) is 4.39 Å². The van der Waals surface area contributed by atoms with E-state index < -0.39 is 0 Å². The molecule has 30 heavy (non-hydrogen) atoms. The molecule has 1 amide bonds. The number of hydrogen-bond donors (Lipinski definition) is 1. The minimum absolute atomic E-state index is 0.177. The number of carbonyl (C=O) groups is 1. The molecular weight excluding hydrogens is 453 g/mol. The van der Waals surface area contributed by atoms with E-state index >= 15 is 0 Å². The Morgan fingerprint density at radius 1 is 1.10 bits per heavy atom. The lowest BCUT2D eigenvalue weighted by Gasteiger charge is -2.04. The number of ether oxygens (including phenoxy) is 1. The summed E-state index contributed by atoms with van der Waals surface area (Å²) in [6, 6.07) is 16.9. The molecule has 0 spiro atoms. The molecule has 1 N–H and O–H groups in total. The molecular formula is C22H17BrFN3O3. The first-order valence-corrected chi connectivity index (χ1v) is 9.90. The van der Waals surface area contributed by atoms with Crippen molar-refractivity contribution in [2.24, 2.45) is 0 Å². The zero-order chi connectivity index (χ0) is 20.9. The summed E-state index contributed by atoms with van der Waals surface area (Å²) in [5, 5.41) is 6.95. The van der Waals surface area contributed by atoms with E-state index in [9.17, 15) is 9.18 Å². The third kappa shape index (κ3) is 5.15. The molecule has 6 nitrogen and oxygen atoms in total. The van der Waals surface area contributed by atoms with E-state index in [1.807, 2.05) is 24.3 Å². The Bertz CT molecular complexity index is 1140. The lowest BCUT2D eigenvalue weighted by molar-refractivity contribution is 0.0992. The van der Waals surface area contributed by atoms with Crippen molar-refractivity contribution in [2.75, 3.05) is 5.32 Å². The van der Waals surface area contributed by atoms with E-state index in [4.69, 9.17) is 9.15 Å². The van der Waals surface area contributed by atoms with E-state index in [1.54, 1.807) is 41.3 Å². The van der Waals surface area contributed by atoms with Gasteiger partial charge in [-0.2, -0.15) is 5.10 Å². The predicted octanol–water partition coefficient (Wildman–Crippen LogP) is 5.26. The van der Waals surface area contributed by atoms with Gasteiger partial charge < -0.3 is 14.5 Å². The summed E-state index contributed by atoms with van der Waals surface area (Å²) in [7, 11) is 0. The van der Waals surface area contributed by atoms with Crippen LogP contribution in [0.3, 0.4) is 0 Å². The van der Waals surface area contributed by atoms with Gasteiger partial charge in [0.1, 0.15) is 23.9 Å². The van der Waals surface area contributed by atoms with E-state index in [0.717, 1.165) is 10.0 Å². The Morgan fingerprint density at radius 2 is 1.87 bits per heavy atom. The number of nitrogens with one attached hydrogen (secondary N) is 1.